The zero-order chi connectivity index (χ0) is 17.8. The molecule has 4 atom stereocenters. The summed E-state index contributed by atoms with van der Waals surface area (Å²) >= 11 is 0. The topological polar surface area (TPSA) is 29.3 Å². The Morgan fingerprint density at radius 1 is 1.12 bits per heavy atom. The number of hydrogen-bond donors (Lipinski definition) is 0. The Labute approximate surface area is 151 Å². The first kappa shape index (κ1) is 16.8. The number of aryl methyl sites for hydroxylation is 1. The molecule has 0 N–H and O–H groups in total. The summed E-state index contributed by atoms with van der Waals surface area (Å²) in [6.45, 7) is 8.76. The fourth-order valence-electron chi connectivity index (χ4n) is 4.81. The molecule has 4 rings (SSSR count). The van der Waals surface area contributed by atoms with Crippen molar-refractivity contribution in [3.63, 3.8) is 0 Å². The second kappa shape index (κ2) is 5.98. The fraction of sp³-hybridized carbons (Fsp3) is 0.591. The maximum Gasteiger partial charge on any atom is 0.142 e. The van der Waals surface area contributed by atoms with Crippen molar-refractivity contribution in [1.29, 1.82) is 0 Å². The van der Waals surface area contributed by atoms with Gasteiger partial charge in [-0.1, -0.05) is 55.8 Å². The minimum absolute atomic E-state index is 0.0277. The molecule has 0 saturated carbocycles. The third kappa shape index (κ3) is 2.93. The van der Waals surface area contributed by atoms with Crippen molar-refractivity contribution in [2.75, 3.05) is 7.05 Å². The van der Waals surface area contributed by atoms with Crippen molar-refractivity contribution in [3.05, 3.63) is 52.9 Å². The van der Waals surface area contributed by atoms with Crippen LogP contribution in [0.15, 0.2) is 34.9 Å². The lowest BCUT2D eigenvalue weighted by Gasteiger charge is -2.42. The molecule has 1 aromatic carbocycles. The van der Waals surface area contributed by atoms with E-state index in [0.717, 1.165) is 11.5 Å². The average Bonchev–Trinajstić information content (AvgIpc) is 3.12. The maximum atomic E-state index is 5.93. The van der Waals surface area contributed by atoms with Crippen molar-refractivity contribution >= 4 is 0 Å². The van der Waals surface area contributed by atoms with Gasteiger partial charge < -0.3 is 4.52 Å². The molecule has 0 radical (unpaired) electrons. The van der Waals surface area contributed by atoms with E-state index in [1.165, 1.54) is 30.4 Å². The number of aromatic nitrogens is 1. The summed E-state index contributed by atoms with van der Waals surface area (Å²) in [6.07, 6.45) is 3.78. The smallest absolute Gasteiger partial charge is 0.142 e. The highest BCUT2D eigenvalue weighted by molar-refractivity contribution is 5.32. The molecule has 2 aliphatic rings. The molecule has 3 nitrogen and oxygen atoms in total. The van der Waals surface area contributed by atoms with Gasteiger partial charge in [0.2, 0.25) is 0 Å². The Hall–Kier alpha value is -1.61. The van der Waals surface area contributed by atoms with Crippen molar-refractivity contribution in [2.45, 2.75) is 76.3 Å². The van der Waals surface area contributed by atoms with E-state index in [2.05, 4.69) is 75.1 Å². The first-order valence-electron chi connectivity index (χ1n) is 9.60. The number of hydrogen-bond acceptors (Lipinski definition) is 3. The highest BCUT2D eigenvalue weighted by atomic mass is 16.5. The number of piperidine rings is 1. The SMILES string of the molecule is Cc1ccc(C2C[C@H]3CCC([C@H]2c2cc(C(C)(C)C)no2)N3C)cc1. The molecular weight excluding hydrogens is 308 g/mol. The molecule has 134 valence electrons. The monoisotopic (exact) mass is 338 g/mol. The van der Waals surface area contributed by atoms with Gasteiger partial charge in [0.1, 0.15) is 5.76 Å². The van der Waals surface area contributed by atoms with Crippen LogP contribution in [0.1, 0.15) is 74.5 Å². The fourth-order valence-corrected chi connectivity index (χ4v) is 4.81. The van der Waals surface area contributed by atoms with Crippen molar-refractivity contribution in [2.24, 2.45) is 0 Å². The first-order chi connectivity index (χ1) is 11.8. The van der Waals surface area contributed by atoms with E-state index in [4.69, 9.17) is 4.52 Å². The molecule has 2 unspecified atom stereocenters. The van der Waals surface area contributed by atoms with E-state index >= 15 is 0 Å². The van der Waals surface area contributed by atoms with Crippen LogP contribution in [0, 0.1) is 6.92 Å². The highest BCUT2D eigenvalue weighted by Gasteiger charge is 2.48. The van der Waals surface area contributed by atoms with Crippen molar-refractivity contribution in [1.82, 2.24) is 10.1 Å². The lowest BCUT2D eigenvalue weighted by Crippen LogP contribution is -2.44. The van der Waals surface area contributed by atoms with E-state index in [1.54, 1.807) is 0 Å². The normalized spacial score (nSPS) is 30.0. The van der Waals surface area contributed by atoms with Crippen LogP contribution in [0.25, 0.3) is 0 Å². The Balaban J connectivity index is 1.74. The van der Waals surface area contributed by atoms with Gasteiger partial charge in [0.05, 0.1) is 5.69 Å². The summed E-state index contributed by atoms with van der Waals surface area (Å²) in [4.78, 5) is 2.59. The summed E-state index contributed by atoms with van der Waals surface area (Å²) in [5, 5.41) is 4.42. The van der Waals surface area contributed by atoms with E-state index in [1.807, 2.05) is 0 Å². The zero-order valence-corrected chi connectivity index (χ0v) is 16.1. The van der Waals surface area contributed by atoms with Crippen molar-refractivity contribution in [3.8, 4) is 0 Å². The minimum atomic E-state index is 0.0277. The molecule has 2 saturated heterocycles. The van der Waals surface area contributed by atoms with Gasteiger partial charge in [0, 0.05) is 29.5 Å². The van der Waals surface area contributed by atoms with Crippen LogP contribution in [-0.4, -0.2) is 29.2 Å². The van der Waals surface area contributed by atoms with Gasteiger partial charge in [0.15, 0.2) is 0 Å². The molecule has 2 aliphatic heterocycles. The lowest BCUT2D eigenvalue weighted by atomic mass is 9.74. The van der Waals surface area contributed by atoms with Gasteiger partial charge in [-0.3, -0.25) is 4.90 Å². The number of likely N-dealkylation sites (N-methyl/N-ethyl adjacent to an activating group) is 1. The lowest BCUT2D eigenvalue weighted by molar-refractivity contribution is 0.122. The molecule has 3 heteroatoms. The van der Waals surface area contributed by atoms with Gasteiger partial charge in [-0.05, 0) is 44.7 Å². The maximum absolute atomic E-state index is 5.93. The van der Waals surface area contributed by atoms with Crippen LogP contribution in [-0.2, 0) is 5.41 Å². The molecule has 3 heterocycles. The van der Waals surface area contributed by atoms with Crippen LogP contribution >= 0.6 is 0 Å². The molecule has 0 spiro atoms. The predicted octanol–water partition coefficient (Wildman–Crippen LogP) is 5.01. The third-order valence-corrected chi connectivity index (χ3v) is 6.40. The zero-order valence-electron chi connectivity index (χ0n) is 16.1. The molecule has 2 fully saturated rings. The summed E-state index contributed by atoms with van der Waals surface area (Å²) in [5.41, 5.74) is 3.87. The molecular formula is C22H30N2O. The van der Waals surface area contributed by atoms with Gasteiger partial charge in [0.25, 0.3) is 0 Å². The van der Waals surface area contributed by atoms with Gasteiger partial charge in [-0.15, -0.1) is 0 Å². The number of rotatable bonds is 2. The predicted molar refractivity (Wildman–Crippen MR) is 101 cm³/mol. The third-order valence-electron chi connectivity index (χ3n) is 6.40. The molecule has 1 aromatic heterocycles. The van der Waals surface area contributed by atoms with E-state index in [9.17, 15) is 0 Å². The summed E-state index contributed by atoms with van der Waals surface area (Å²) in [5.74, 6) is 2.00. The number of fused-ring (bicyclic) bond motifs is 2. The quantitative estimate of drug-likeness (QED) is 0.770. The average molecular weight is 338 g/mol. The van der Waals surface area contributed by atoms with Crippen LogP contribution in [0.2, 0.25) is 0 Å². The van der Waals surface area contributed by atoms with Gasteiger partial charge in [-0.25, -0.2) is 0 Å². The molecule has 0 amide bonds. The summed E-state index contributed by atoms with van der Waals surface area (Å²) in [6, 6.07) is 12.6. The van der Waals surface area contributed by atoms with Crippen LogP contribution in [0.3, 0.4) is 0 Å². The summed E-state index contributed by atoms with van der Waals surface area (Å²) < 4.78 is 5.93. The van der Waals surface area contributed by atoms with Gasteiger partial charge >= 0.3 is 0 Å². The van der Waals surface area contributed by atoms with E-state index in [0.29, 0.717) is 23.9 Å². The second-order valence-corrected chi connectivity index (χ2v) is 9.11. The highest BCUT2D eigenvalue weighted by Crippen LogP contribution is 2.51. The first-order valence-corrected chi connectivity index (χ1v) is 9.60. The van der Waals surface area contributed by atoms with Crippen molar-refractivity contribution < 1.29 is 4.52 Å². The number of benzene rings is 1. The standard InChI is InChI=1S/C22H30N2O/c1-14-6-8-15(9-7-14)17-12-16-10-11-18(24(16)5)21(17)19-13-20(23-25-19)22(2,3)4/h6-9,13,16-18,21H,10-12H2,1-5H3/t16-,17?,18?,21+/m1/s1. The molecule has 2 aromatic rings. The number of nitrogens with zero attached hydrogens (tertiary/aromatic N) is 2. The molecule has 0 aliphatic carbocycles. The van der Waals surface area contributed by atoms with E-state index in [-0.39, 0.29) is 5.41 Å². The van der Waals surface area contributed by atoms with Gasteiger partial charge in [-0.2, -0.15) is 0 Å². The summed E-state index contributed by atoms with van der Waals surface area (Å²) in [7, 11) is 2.29. The molecule has 25 heavy (non-hydrogen) atoms. The Kier molecular flexibility index (Phi) is 4.03. The molecule has 2 bridgehead atoms. The second-order valence-electron chi connectivity index (χ2n) is 9.11. The Morgan fingerprint density at radius 3 is 2.48 bits per heavy atom. The Bertz CT molecular complexity index is 740. The van der Waals surface area contributed by atoms with Crippen LogP contribution in [0.5, 0.6) is 0 Å². The Morgan fingerprint density at radius 2 is 1.84 bits per heavy atom. The van der Waals surface area contributed by atoms with Crippen LogP contribution < -0.4 is 0 Å². The van der Waals surface area contributed by atoms with Crippen LogP contribution in [0.4, 0.5) is 0 Å². The minimum Gasteiger partial charge on any atom is -0.361 e. The largest absolute Gasteiger partial charge is 0.361 e. The van der Waals surface area contributed by atoms with E-state index < -0.39 is 0 Å².